The highest BCUT2D eigenvalue weighted by Crippen LogP contribution is 2.28. The molecular weight excluding hydrogens is 238 g/mol. The molecule has 3 heteroatoms. The molecule has 0 unspecified atom stereocenters. The molecule has 0 aromatic heterocycles. The monoisotopic (exact) mass is 263 g/mol. The van der Waals surface area contributed by atoms with E-state index in [1.54, 1.807) is 6.08 Å². The highest BCUT2D eigenvalue weighted by atomic mass is 16.5. The first-order valence-electron chi connectivity index (χ1n) is 7.02. The minimum Gasteiger partial charge on any atom is -0.490 e. The molecule has 19 heavy (non-hydrogen) atoms. The summed E-state index contributed by atoms with van der Waals surface area (Å²) >= 11 is 0. The van der Waals surface area contributed by atoms with Crippen molar-refractivity contribution < 1.29 is 9.47 Å². The van der Waals surface area contributed by atoms with E-state index in [0.717, 1.165) is 24.6 Å². The molecule has 0 aliphatic heterocycles. The zero-order valence-corrected chi connectivity index (χ0v) is 12.1. The number of nitrogens with one attached hydrogen (secondary N) is 1. The predicted octanol–water partition coefficient (Wildman–Crippen LogP) is 3.54. The summed E-state index contributed by atoms with van der Waals surface area (Å²) in [6, 6.07) is 6.08. The van der Waals surface area contributed by atoms with Gasteiger partial charge >= 0.3 is 0 Å². The van der Waals surface area contributed by atoms with E-state index in [0.29, 0.717) is 13.2 Å². The Morgan fingerprint density at radius 2 is 2.05 bits per heavy atom. The Labute approximate surface area is 116 Å². The Balaban J connectivity index is 2.63. The fourth-order valence-electron chi connectivity index (χ4n) is 1.73. The third-order valence-electron chi connectivity index (χ3n) is 2.70. The molecule has 0 aliphatic rings. The van der Waals surface area contributed by atoms with Gasteiger partial charge in [-0.1, -0.05) is 32.1 Å². The molecule has 0 aliphatic carbocycles. The SMILES string of the molecule is C=CCOc1ccc(CNCCCC)cc1OCC. The quantitative estimate of drug-likeness (QED) is 0.517. The molecule has 0 bridgehead atoms. The molecule has 0 saturated heterocycles. The second-order valence-electron chi connectivity index (χ2n) is 4.34. The molecule has 0 fully saturated rings. The maximum absolute atomic E-state index is 5.62. The van der Waals surface area contributed by atoms with Gasteiger partial charge in [0, 0.05) is 6.54 Å². The lowest BCUT2D eigenvalue weighted by Gasteiger charge is -2.13. The van der Waals surface area contributed by atoms with Crippen molar-refractivity contribution in [2.24, 2.45) is 0 Å². The zero-order valence-electron chi connectivity index (χ0n) is 12.1. The second kappa shape index (κ2) is 9.45. The summed E-state index contributed by atoms with van der Waals surface area (Å²) in [7, 11) is 0. The van der Waals surface area contributed by atoms with Gasteiger partial charge in [-0.25, -0.2) is 0 Å². The van der Waals surface area contributed by atoms with Crippen LogP contribution in [0, 0.1) is 0 Å². The van der Waals surface area contributed by atoms with Crippen molar-refractivity contribution in [1.29, 1.82) is 0 Å². The maximum atomic E-state index is 5.62. The third-order valence-corrected chi connectivity index (χ3v) is 2.70. The molecule has 1 aromatic carbocycles. The van der Waals surface area contributed by atoms with Crippen LogP contribution in [0.1, 0.15) is 32.3 Å². The number of hydrogen-bond donors (Lipinski definition) is 1. The van der Waals surface area contributed by atoms with Crippen LogP contribution in [0.5, 0.6) is 11.5 Å². The zero-order chi connectivity index (χ0) is 13.9. The summed E-state index contributed by atoms with van der Waals surface area (Å²) < 4.78 is 11.2. The fourth-order valence-corrected chi connectivity index (χ4v) is 1.73. The Morgan fingerprint density at radius 3 is 2.74 bits per heavy atom. The standard InChI is InChI=1S/C16H25NO2/c1-4-7-10-17-13-14-8-9-15(19-11-5-2)16(12-14)18-6-3/h5,8-9,12,17H,2,4,6-7,10-11,13H2,1,3H3. The lowest BCUT2D eigenvalue weighted by Crippen LogP contribution is -2.14. The van der Waals surface area contributed by atoms with Crippen LogP contribution in [0.15, 0.2) is 30.9 Å². The van der Waals surface area contributed by atoms with E-state index in [4.69, 9.17) is 9.47 Å². The Bertz CT molecular complexity index is 377. The van der Waals surface area contributed by atoms with E-state index in [1.165, 1.54) is 18.4 Å². The normalized spacial score (nSPS) is 10.2. The summed E-state index contributed by atoms with van der Waals surface area (Å²) in [5, 5.41) is 3.42. The molecule has 1 aromatic rings. The Morgan fingerprint density at radius 1 is 1.21 bits per heavy atom. The van der Waals surface area contributed by atoms with Crippen molar-refractivity contribution in [3.05, 3.63) is 36.4 Å². The molecule has 0 atom stereocenters. The van der Waals surface area contributed by atoms with Crippen LogP contribution < -0.4 is 14.8 Å². The molecule has 0 radical (unpaired) electrons. The van der Waals surface area contributed by atoms with Gasteiger partial charge in [-0.05, 0) is 37.6 Å². The van der Waals surface area contributed by atoms with Gasteiger partial charge in [0.25, 0.3) is 0 Å². The van der Waals surface area contributed by atoms with Crippen molar-refractivity contribution in [2.45, 2.75) is 33.2 Å². The lowest BCUT2D eigenvalue weighted by molar-refractivity contribution is 0.296. The Kier molecular flexibility index (Phi) is 7.75. The van der Waals surface area contributed by atoms with Crippen LogP contribution in [-0.4, -0.2) is 19.8 Å². The van der Waals surface area contributed by atoms with Crippen molar-refractivity contribution in [1.82, 2.24) is 5.32 Å². The topological polar surface area (TPSA) is 30.5 Å². The van der Waals surface area contributed by atoms with Gasteiger partial charge in [-0.15, -0.1) is 0 Å². The summed E-state index contributed by atoms with van der Waals surface area (Å²) in [4.78, 5) is 0. The average Bonchev–Trinajstić information content (AvgIpc) is 2.43. The van der Waals surface area contributed by atoms with Gasteiger partial charge in [-0.3, -0.25) is 0 Å². The highest BCUT2D eigenvalue weighted by Gasteiger charge is 2.05. The second-order valence-corrected chi connectivity index (χ2v) is 4.34. The van der Waals surface area contributed by atoms with Crippen LogP contribution in [0.25, 0.3) is 0 Å². The summed E-state index contributed by atoms with van der Waals surface area (Å²) in [5.74, 6) is 1.58. The van der Waals surface area contributed by atoms with Crippen molar-refractivity contribution >= 4 is 0 Å². The molecule has 0 saturated carbocycles. The van der Waals surface area contributed by atoms with Gasteiger partial charge in [0.05, 0.1) is 6.61 Å². The molecule has 1 rings (SSSR count). The predicted molar refractivity (Wildman–Crippen MR) is 79.9 cm³/mol. The van der Waals surface area contributed by atoms with E-state index in [2.05, 4.69) is 24.9 Å². The van der Waals surface area contributed by atoms with Gasteiger partial charge in [0.15, 0.2) is 11.5 Å². The molecule has 106 valence electrons. The Hall–Kier alpha value is -1.48. The molecule has 3 nitrogen and oxygen atoms in total. The number of ether oxygens (including phenoxy) is 2. The molecular formula is C16H25NO2. The number of benzene rings is 1. The molecule has 0 amide bonds. The summed E-state index contributed by atoms with van der Waals surface area (Å²) in [6.45, 7) is 10.9. The van der Waals surface area contributed by atoms with Gasteiger partial charge in [-0.2, -0.15) is 0 Å². The smallest absolute Gasteiger partial charge is 0.161 e. The van der Waals surface area contributed by atoms with Crippen LogP contribution in [0.3, 0.4) is 0 Å². The van der Waals surface area contributed by atoms with E-state index in [1.807, 2.05) is 19.1 Å². The van der Waals surface area contributed by atoms with Crippen LogP contribution in [-0.2, 0) is 6.54 Å². The van der Waals surface area contributed by atoms with Crippen molar-refractivity contribution in [3.63, 3.8) is 0 Å². The van der Waals surface area contributed by atoms with E-state index >= 15 is 0 Å². The number of unbranched alkanes of at least 4 members (excludes halogenated alkanes) is 1. The molecule has 0 heterocycles. The van der Waals surface area contributed by atoms with Crippen molar-refractivity contribution in [3.8, 4) is 11.5 Å². The first-order valence-corrected chi connectivity index (χ1v) is 7.02. The van der Waals surface area contributed by atoms with Crippen LogP contribution in [0.2, 0.25) is 0 Å². The molecule has 0 spiro atoms. The van der Waals surface area contributed by atoms with E-state index in [9.17, 15) is 0 Å². The van der Waals surface area contributed by atoms with Gasteiger partial charge < -0.3 is 14.8 Å². The first kappa shape index (κ1) is 15.6. The first-order chi connectivity index (χ1) is 9.31. The fraction of sp³-hybridized carbons (Fsp3) is 0.500. The van der Waals surface area contributed by atoms with Gasteiger partial charge in [0.1, 0.15) is 6.61 Å². The van der Waals surface area contributed by atoms with Crippen molar-refractivity contribution in [2.75, 3.05) is 19.8 Å². The van der Waals surface area contributed by atoms with Crippen LogP contribution in [0.4, 0.5) is 0 Å². The number of rotatable bonds is 10. The van der Waals surface area contributed by atoms with E-state index in [-0.39, 0.29) is 0 Å². The summed E-state index contributed by atoms with van der Waals surface area (Å²) in [6.07, 6.45) is 4.15. The molecule has 1 N–H and O–H groups in total. The van der Waals surface area contributed by atoms with Crippen LogP contribution >= 0.6 is 0 Å². The highest BCUT2D eigenvalue weighted by molar-refractivity contribution is 5.43. The maximum Gasteiger partial charge on any atom is 0.161 e. The van der Waals surface area contributed by atoms with E-state index < -0.39 is 0 Å². The largest absolute Gasteiger partial charge is 0.490 e. The minimum atomic E-state index is 0.494. The summed E-state index contributed by atoms with van der Waals surface area (Å²) in [5.41, 5.74) is 1.21. The number of hydrogen-bond acceptors (Lipinski definition) is 3. The average molecular weight is 263 g/mol. The third kappa shape index (κ3) is 5.79. The minimum absolute atomic E-state index is 0.494. The lowest BCUT2D eigenvalue weighted by atomic mass is 10.2. The van der Waals surface area contributed by atoms with Gasteiger partial charge in [0.2, 0.25) is 0 Å².